The second kappa shape index (κ2) is 9.51. The third kappa shape index (κ3) is 4.46. The summed E-state index contributed by atoms with van der Waals surface area (Å²) in [7, 11) is 4.07. The molecule has 2 aromatic carbocycles. The fourth-order valence-electron chi connectivity index (χ4n) is 2.98. The van der Waals surface area contributed by atoms with Gasteiger partial charge in [-0.25, -0.2) is 19.6 Å². The molecule has 1 N–H and O–H groups in total. The molecule has 11 heteroatoms. The molecule has 1 aromatic heterocycles. The highest BCUT2D eigenvalue weighted by Crippen LogP contribution is 2.37. The Morgan fingerprint density at radius 1 is 1.00 bits per heavy atom. The smallest absolute Gasteiger partial charge is 0.354 e. The predicted molar refractivity (Wildman–Crippen MR) is 116 cm³/mol. The number of aromatic nitrogens is 2. The van der Waals surface area contributed by atoms with Crippen LogP contribution in [0.15, 0.2) is 54.9 Å². The molecule has 0 unspecified atom stereocenters. The van der Waals surface area contributed by atoms with Crippen LogP contribution in [0.5, 0.6) is 0 Å². The van der Waals surface area contributed by atoms with E-state index in [0.29, 0.717) is 16.9 Å². The highest BCUT2D eigenvalue weighted by Gasteiger charge is 2.28. The van der Waals surface area contributed by atoms with Gasteiger partial charge >= 0.3 is 17.6 Å². The number of ether oxygens (including phenoxy) is 2. The molecule has 0 saturated carbocycles. The number of rotatable bonds is 7. The van der Waals surface area contributed by atoms with Gasteiger partial charge in [-0.2, -0.15) is 0 Å². The predicted octanol–water partition coefficient (Wildman–Crippen LogP) is 3.47. The number of anilines is 4. The van der Waals surface area contributed by atoms with Gasteiger partial charge in [-0.1, -0.05) is 12.1 Å². The van der Waals surface area contributed by atoms with E-state index in [0.717, 1.165) is 0 Å². The van der Waals surface area contributed by atoms with Gasteiger partial charge in [0.15, 0.2) is 0 Å². The minimum Gasteiger partial charge on any atom is -0.465 e. The molecule has 0 aliphatic rings. The SMILES string of the molecule is COC(=O)c1ccc(Nc2ncnc(N(C)c3ccccc3C(=O)OC)c2[N+](=O)[O-])cc1. The molecule has 11 nitrogen and oxygen atoms in total. The molecular formula is C21H19N5O6. The average molecular weight is 437 g/mol. The third-order valence-electron chi connectivity index (χ3n) is 4.54. The number of nitrogens with zero attached hydrogens (tertiary/aromatic N) is 4. The third-order valence-corrected chi connectivity index (χ3v) is 4.54. The summed E-state index contributed by atoms with van der Waals surface area (Å²) in [5, 5.41) is 14.8. The maximum Gasteiger partial charge on any atom is 0.354 e. The number of para-hydroxylation sites is 1. The second-order valence-corrected chi connectivity index (χ2v) is 6.41. The summed E-state index contributed by atoms with van der Waals surface area (Å²) in [6.07, 6.45) is 1.17. The number of nitrogens with one attached hydrogen (secondary N) is 1. The summed E-state index contributed by atoms with van der Waals surface area (Å²) < 4.78 is 9.46. The van der Waals surface area contributed by atoms with Gasteiger partial charge < -0.3 is 19.7 Å². The van der Waals surface area contributed by atoms with Gasteiger partial charge in [-0.15, -0.1) is 0 Å². The van der Waals surface area contributed by atoms with Gasteiger partial charge in [-0.3, -0.25) is 10.1 Å². The van der Waals surface area contributed by atoms with Crippen molar-refractivity contribution >= 4 is 40.6 Å². The summed E-state index contributed by atoms with van der Waals surface area (Å²) in [6, 6.07) is 12.7. The zero-order valence-corrected chi connectivity index (χ0v) is 17.4. The molecule has 0 fully saturated rings. The Kier molecular flexibility index (Phi) is 6.59. The lowest BCUT2D eigenvalue weighted by Gasteiger charge is -2.21. The molecule has 0 saturated heterocycles. The van der Waals surface area contributed by atoms with Crippen molar-refractivity contribution in [2.45, 2.75) is 0 Å². The lowest BCUT2D eigenvalue weighted by Crippen LogP contribution is -2.18. The minimum atomic E-state index is -0.613. The number of carbonyl (C=O) groups excluding carboxylic acids is 2. The number of benzene rings is 2. The minimum absolute atomic E-state index is 0.0324. The number of hydrogen-bond acceptors (Lipinski definition) is 10. The van der Waals surface area contributed by atoms with Crippen LogP contribution in [0.25, 0.3) is 0 Å². The highest BCUT2D eigenvalue weighted by atomic mass is 16.6. The number of esters is 2. The van der Waals surface area contributed by atoms with Gasteiger partial charge in [0.1, 0.15) is 6.33 Å². The summed E-state index contributed by atoms with van der Waals surface area (Å²) >= 11 is 0. The van der Waals surface area contributed by atoms with E-state index < -0.39 is 22.5 Å². The second-order valence-electron chi connectivity index (χ2n) is 6.41. The summed E-state index contributed by atoms with van der Waals surface area (Å²) in [5.41, 5.74) is 0.984. The van der Waals surface area contributed by atoms with E-state index in [9.17, 15) is 19.7 Å². The van der Waals surface area contributed by atoms with Crippen molar-refractivity contribution in [3.8, 4) is 0 Å². The first-order valence-electron chi connectivity index (χ1n) is 9.23. The van der Waals surface area contributed by atoms with Crippen LogP contribution in [0.2, 0.25) is 0 Å². The van der Waals surface area contributed by atoms with Gasteiger partial charge in [-0.05, 0) is 36.4 Å². The molecule has 164 valence electrons. The molecular weight excluding hydrogens is 418 g/mol. The van der Waals surface area contributed by atoms with Gasteiger partial charge in [0.25, 0.3) is 0 Å². The summed E-state index contributed by atoms with van der Waals surface area (Å²) in [4.78, 5) is 44.5. The van der Waals surface area contributed by atoms with Crippen molar-refractivity contribution in [2.24, 2.45) is 0 Å². The van der Waals surface area contributed by atoms with Crippen LogP contribution >= 0.6 is 0 Å². The monoisotopic (exact) mass is 437 g/mol. The van der Waals surface area contributed by atoms with Gasteiger partial charge in [0, 0.05) is 12.7 Å². The van der Waals surface area contributed by atoms with E-state index in [1.807, 2.05) is 0 Å². The van der Waals surface area contributed by atoms with Crippen molar-refractivity contribution in [3.63, 3.8) is 0 Å². The van der Waals surface area contributed by atoms with Crippen molar-refractivity contribution in [1.82, 2.24) is 9.97 Å². The maximum absolute atomic E-state index is 12.1. The van der Waals surface area contributed by atoms with Crippen LogP contribution < -0.4 is 10.2 Å². The quantitative estimate of drug-likeness (QED) is 0.332. The van der Waals surface area contributed by atoms with Crippen LogP contribution in [0.3, 0.4) is 0 Å². The first-order chi connectivity index (χ1) is 15.4. The fourth-order valence-corrected chi connectivity index (χ4v) is 2.98. The van der Waals surface area contributed by atoms with Crippen molar-refractivity contribution in [3.05, 3.63) is 76.1 Å². The number of nitro groups is 1. The Labute approximate surface area is 182 Å². The topological polar surface area (TPSA) is 137 Å². The fraction of sp³-hybridized carbons (Fsp3) is 0.143. The molecule has 0 atom stereocenters. The Balaban J connectivity index is 2.01. The Hall–Kier alpha value is -4.54. The first kappa shape index (κ1) is 22.2. The van der Waals surface area contributed by atoms with Crippen LogP contribution in [-0.4, -0.2) is 48.1 Å². The number of hydrogen-bond donors (Lipinski definition) is 1. The van der Waals surface area contributed by atoms with Gasteiger partial charge in [0.05, 0.1) is 36.0 Å². The maximum atomic E-state index is 12.1. The highest BCUT2D eigenvalue weighted by molar-refractivity contribution is 5.97. The summed E-state index contributed by atoms with van der Waals surface area (Å²) in [6.45, 7) is 0. The number of carbonyl (C=O) groups is 2. The molecule has 32 heavy (non-hydrogen) atoms. The number of methoxy groups -OCH3 is 2. The zero-order valence-electron chi connectivity index (χ0n) is 17.4. The first-order valence-corrected chi connectivity index (χ1v) is 9.23. The van der Waals surface area contributed by atoms with E-state index in [-0.39, 0.29) is 17.2 Å². The van der Waals surface area contributed by atoms with Crippen molar-refractivity contribution < 1.29 is 24.0 Å². The molecule has 0 aliphatic heterocycles. The Morgan fingerprint density at radius 2 is 1.66 bits per heavy atom. The normalized spacial score (nSPS) is 10.2. The molecule has 0 spiro atoms. The largest absolute Gasteiger partial charge is 0.465 e. The van der Waals surface area contributed by atoms with Crippen LogP contribution in [0.1, 0.15) is 20.7 Å². The molecule has 0 aliphatic carbocycles. The summed E-state index contributed by atoms with van der Waals surface area (Å²) in [5.74, 6) is -1.19. The molecule has 1 heterocycles. The molecule has 0 radical (unpaired) electrons. The molecule has 3 rings (SSSR count). The van der Waals surface area contributed by atoms with Crippen LogP contribution in [0.4, 0.5) is 28.7 Å². The van der Waals surface area contributed by atoms with E-state index in [2.05, 4.69) is 20.0 Å². The Morgan fingerprint density at radius 3 is 2.28 bits per heavy atom. The Bertz CT molecular complexity index is 1170. The molecule has 3 aromatic rings. The van der Waals surface area contributed by atoms with Crippen LogP contribution in [0, 0.1) is 10.1 Å². The van der Waals surface area contributed by atoms with Crippen LogP contribution in [-0.2, 0) is 9.47 Å². The van der Waals surface area contributed by atoms with Crippen molar-refractivity contribution in [2.75, 3.05) is 31.5 Å². The lowest BCUT2D eigenvalue weighted by molar-refractivity contribution is -0.383. The molecule has 0 bridgehead atoms. The average Bonchev–Trinajstić information content (AvgIpc) is 2.82. The van der Waals surface area contributed by atoms with E-state index in [4.69, 9.17) is 4.74 Å². The van der Waals surface area contributed by atoms with E-state index in [1.54, 1.807) is 43.4 Å². The van der Waals surface area contributed by atoms with Gasteiger partial charge in [0.2, 0.25) is 11.6 Å². The van der Waals surface area contributed by atoms with E-state index in [1.165, 1.54) is 37.6 Å². The standard InChI is InChI=1S/C21H19N5O6/c1-25(16-7-5-4-6-15(16)21(28)32-3)19-17(26(29)30)18(22-12-23-19)24-14-10-8-13(9-11-14)20(27)31-2/h4-12H,1-3H3,(H,22,23,24). The lowest BCUT2D eigenvalue weighted by atomic mass is 10.1. The molecule has 0 amide bonds. The van der Waals surface area contributed by atoms with E-state index >= 15 is 0 Å². The zero-order chi connectivity index (χ0) is 23.3. The van der Waals surface area contributed by atoms with Crippen molar-refractivity contribution in [1.29, 1.82) is 0 Å².